The molecule has 1 aromatic carbocycles. The zero-order valence-corrected chi connectivity index (χ0v) is 11.8. The molecule has 0 aliphatic rings. The molecule has 1 N–H and O–H groups in total. The maximum atomic E-state index is 11.4. The first-order chi connectivity index (χ1) is 8.95. The molecular formula is C14H12BrNO3. The minimum absolute atomic E-state index is 0.0708. The van der Waals surface area contributed by atoms with Crippen molar-refractivity contribution in [3.63, 3.8) is 0 Å². The summed E-state index contributed by atoms with van der Waals surface area (Å²) in [7, 11) is 0. The van der Waals surface area contributed by atoms with Crippen LogP contribution in [0.4, 0.5) is 0 Å². The molecule has 0 aromatic heterocycles. The van der Waals surface area contributed by atoms with Crippen LogP contribution in [0.5, 0.6) is 0 Å². The molecule has 0 fully saturated rings. The molecule has 0 aliphatic heterocycles. The number of hydrogen-bond donors (Lipinski definition) is 1. The Morgan fingerprint density at radius 1 is 1.53 bits per heavy atom. The number of rotatable bonds is 5. The number of nitrogens with zero attached hydrogens (tertiary/aromatic N) is 1. The predicted octanol–water partition coefficient (Wildman–Crippen LogP) is 2.88. The summed E-state index contributed by atoms with van der Waals surface area (Å²) in [4.78, 5) is 21.4. The lowest BCUT2D eigenvalue weighted by molar-refractivity contribution is -0.131. The van der Waals surface area contributed by atoms with E-state index in [-0.39, 0.29) is 12.2 Å². The second-order valence-electron chi connectivity index (χ2n) is 3.94. The summed E-state index contributed by atoms with van der Waals surface area (Å²) in [5, 5.41) is 17.4. The summed E-state index contributed by atoms with van der Waals surface area (Å²) in [5.74, 6) is -1.11. The zero-order chi connectivity index (χ0) is 14.4. The lowest BCUT2D eigenvalue weighted by Crippen LogP contribution is -2.05. The van der Waals surface area contributed by atoms with Crippen LogP contribution in [0.3, 0.4) is 0 Å². The molecule has 1 atom stereocenters. The summed E-state index contributed by atoms with van der Waals surface area (Å²) < 4.78 is 0. The van der Waals surface area contributed by atoms with Crippen molar-refractivity contribution in [1.29, 1.82) is 5.26 Å². The zero-order valence-electron chi connectivity index (χ0n) is 10.3. The Balaban J connectivity index is 3.22. The van der Waals surface area contributed by atoms with Crippen LogP contribution < -0.4 is 0 Å². The van der Waals surface area contributed by atoms with Crippen LogP contribution in [-0.2, 0) is 16.0 Å². The molecular weight excluding hydrogens is 310 g/mol. The van der Waals surface area contributed by atoms with Gasteiger partial charge in [-0.1, -0.05) is 28.1 Å². The van der Waals surface area contributed by atoms with E-state index in [0.29, 0.717) is 11.1 Å². The molecule has 1 rings (SSSR count). The number of halogens is 1. The van der Waals surface area contributed by atoms with Crippen LogP contribution >= 0.6 is 15.9 Å². The van der Waals surface area contributed by atoms with Crippen LogP contribution in [0.15, 0.2) is 24.3 Å². The Hall–Kier alpha value is -1.93. The van der Waals surface area contributed by atoms with Crippen LogP contribution in [0.2, 0.25) is 0 Å². The monoisotopic (exact) mass is 321 g/mol. The van der Waals surface area contributed by atoms with E-state index >= 15 is 0 Å². The molecule has 0 bridgehead atoms. The SMILES string of the molecule is CC(=O)C(Br)c1cc(/C=C/C(=O)O)ccc1CC#N. The summed E-state index contributed by atoms with van der Waals surface area (Å²) in [6.45, 7) is 1.45. The molecule has 1 unspecified atom stereocenters. The van der Waals surface area contributed by atoms with Gasteiger partial charge >= 0.3 is 5.97 Å². The van der Waals surface area contributed by atoms with Gasteiger partial charge in [0.1, 0.15) is 5.78 Å². The number of aliphatic carboxylic acids is 1. The van der Waals surface area contributed by atoms with Gasteiger partial charge in [0, 0.05) is 6.08 Å². The quantitative estimate of drug-likeness (QED) is 0.668. The number of carbonyl (C=O) groups is 2. The molecule has 0 amide bonds. The van der Waals surface area contributed by atoms with Crippen LogP contribution in [-0.4, -0.2) is 16.9 Å². The number of carbonyl (C=O) groups excluding carboxylic acids is 1. The molecule has 1 aromatic rings. The van der Waals surface area contributed by atoms with Gasteiger partial charge in [0.15, 0.2) is 0 Å². The second-order valence-corrected chi connectivity index (χ2v) is 4.85. The van der Waals surface area contributed by atoms with Crippen molar-refractivity contribution in [2.45, 2.75) is 18.2 Å². The summed E-state index contributed by atoms with van der Waals surface area (Å²) in [5.41, 5.74) is 2.12. The van der Waals surface area contributed by atoms with Crippen molar-refractivity contribution in [1.82, 2.24) is 0 Å². The highest BCUT2D eigenvalue weighted by Gasteiger charge is 2.16. The molecule has 0 spiro atoms. The average Bonchev–Trinajstić information content (AvgIpc) is 2.36. The third-order valence-corrected chi connectivity index (χ3v) is 3.63. The summed E-state index contributed by atoms with van der Waals surface area (Å²) >= 11 is 3.29. The molecule has 0 radical (unpaired) electrons. The van der Waals surface area contributed by atoms with Gasteiger partial charge in [0.2, 0.25) is 0 Å². The lowest BCUT2D eigenvalue weighted by Gasteiger charge is -2.12. The Bertz CT molecular complexity index is 573. The Morgan fingerprint density at radius 2 is 2.21 bits per heavy atom. The summed E-state index contributed by atoms with van der Waals surface area (Å²) in [6.07, 6.45) is 2.68. The van der Waals surface area contributed by atoms with Crippen molar-refractivity contribution in [2.75, 3.05) is 0 Å². The minimum Gasteiger partial charge on any atom is -0.478 e. The van der Waals surface area contributed by atoms with Crippen LogP contribution in [0.25, 0.3) is 6.08 Å². The van der Waals surface area contributed by atoms with E-state index in [4.69, 9.17) is 10.4 Å². The number of nitriles is 1. The largest absolute Gasteiger partial charge is 0.478 e. The molecule has 5 heteroatoms. The van der Waals surface area contributed by atoms with Crippen molar-refractivity contribution in [2.24, 2.45) is 0 Å². The number of carboxylic acids is 1. The third-order valence-electron chi connectivity index (χ3n) is 2.49. The standard InChI is InChI=1S/C14H12BrNO3/c1-9(17)14(15)12-8-10(3-5-13(18)19)2-4-11(12)6-7-16/h2-5,8,14H,6H2,1H3,(H,18,19)/b5-3+. The van der Waals surface area contributed by atoms with E-state index in [2.05, 4.69) is 15.9 Å². The van der Waals surface area contributed by atoms with Crippen molar-refractivity contribution in [3.8, 4) is 6.07 Å². The topological polar surface area (TPSA) is 78.2 Å². The highest BCUT2D eigenvalue weighted by atomic mass is 79.9. The maximum absolute atomic E-state index is 11.4. The Kier molecular flexibility index (Phi) is 5.46. The smallest absolute Gasteiger partial charge is 0.328 e. The minimum atomic E-state index is -1.04. The second kappa shape index (κ2) is 6.86. The van der Waals surface area contributed by atoms with Gasteiger partial charge in [-0.2, -0.15) is 5.26 Å². The molecule has 0 saturated heterocycles. The fourth-order valence-corrected chi connectivity index (χ4v) is 2.01. The van der Waals surface area contributed by atoms with E-state index in [0.717, 1.165) is 11.6 Å². The number of carboxylic acid groups (broad SMARTS) is 1. The van der Waals surface area contributed by atoms with Crippen molar-refractivity contribution >= 4 is 33.8 Å². The number of Topliss-reactive ketones (excluding diaryl/α,β-unsaturated/α-hetero) is 1. The first-order valence-electron chi connectivity index (χ1n) is 5.51. The number of ketones is 1. The van der Waals surface area contributed by atoms with Gasteiger partial charge in [-0.05, 0) is 35.8 Å². The van der Waals surface area contributed by atoms with Crippen LogP contribution in [0.1, 0.15) is 28.4 Å². The van der Waals surface area contributed by atoms with Gasteiger partial charge in [0.05, 0.1) is 17.3 Å². The fraction of sp³-hybridized carbons (Fsp3) is 0.214. The highest BCUT2D eigenvalue weighted by Crippen LogP contribution is 2.28. The van der Waals surface area contributed by atoms with Gasteiger partial charge in [-0.3, -0.25) is 4.79 Å². The first kappa shape index (κ1) is 15.1. The fourth-order valence-electron chi connectivity index (χ4n) is 1.59. The van der Waals surface area contributed by atoms with Gasteiger partial charge in [-0.25, -0.2) is 4.79 Å². The van der Waals surface area contributed by atoms with E-state index in [9.17, 15) is 9.59 Å². The number of hydrogen-bond acceptors (Lipinski definition) is 3. The normalized spacial score (nSPS) is 12.1. The van der Waals surface area contributed by atoms with Gasteiger partial charge in [-0.15, -0.1) is 0 Å². The number of alkyl halides is 1. The average molecular weight is 322 g/mol. The highest BCUT2D eigenvalue weighted by molar-refractivity contribution is 9.09. The summed E-state index contributed by atoms with van der Waals surface area (Å²) in [6, 6.07) is 7.21. The predicted molar refractivity (Wildman–Crippen MR) is 74.8 cm³/mol. The molecule has 0 heterocycles. The van der Waals surface area contributed by atoms with Crippen LogP contribution in [0, 0.1) is 11.3 Å². The molecule has 4 nitrogen and oxygen atoms in total. The van der Waals surface area contributed by atoms with E-state index in [1.807, 2.05) is 6.07 Å². The first-order valence-corrected chi connectivity index (χ1v) is 6.42. The maximum Gasteiger partial charge on any atom is 0.328 e. The van der Waals surface area contributed by atoms with Gasteiger partial charge in [0.25, 0.3) is 0 Å². The Labute approximate surface area is 119 Å². The lowest BCUT2D eigenvalue weighted by atomic mass is 9.97. The van der Waals surface area contributed by atoms with E-state index in [1.54, 1.807) is 18.2 Å². The number of benzene rings is 1. The van der Waals surface area contributed by atoms with E-state index in [1.165, 1.54) is 13.0 Å². The van der Waals surface area contributed by atoms with Crippen molar-refractivity contribution < 1.29 is 14.7 Å². The van der Waals surface area contributed by atoms with Gasteiger partial charge < -0.3 is 5.11 Å². The van der Waals surface area contributed by atoms with E-state index < -0.39 is 10.8 Å². The van der Waals surface area contributed by atoms with Crippen molar-refractivity contribution in [3.05, 3.63) is 41.0 Å². The third kappa shape index (κ3) is 4.34. The molecule has 0 saturated carbocycles. The molecule has 19 heavy (non-hydrogen) atoms. The molecule has 0 aliphatic carbocycles. The molecule has 98 valence electrons. The Morgan fingerprint density at radius 3 is 2.74 bits per heavy atom.